The third kappa shape index (κ3) is 3.05. The highest BCUT2D eigenvalue weighted by molar-refractivity contribution is 5.83. The predicted molar refractivity (Wildman–Crippen MR) is 57.3 cm³/mol. The van der Waals surface area contributed by atoms with Crippen molar-refractivity contribution in [2.45, 2.75) is 32.2 Å². The monoisotopic (exact) mass is 238 g/mol. The van der Waals surface area contributed by atoms with E-state index in [0.29, 0.717) is 11.5 Å². The van der Waals surface area contributed by atoms with E-state index in [1.165, 1.54) is 4.90 Å². The van der Waals surface area contributed by atoms with Gasteiger partial charge in [0, 0.05) is 12.1 Å². The van der Waals surface area contributed by atoms with Crippen LogP contribution in [0.3, 0.4) is 0 Å². The second-order valence-electron chi connectivity index (χ2n) is 4.25. The number of carboxylic acid groups (broad SMARTS) is 1. The topological polar surface area (TPSA) is 83.6 Å². The van der Waals surface area contributed by atoms with E-state index in [2.05, 4.69) is 5.16 Å². The van der Waals surface area contributed by atoms with E-state index in [1.54, 1.807) is 13.0 Å². The highest BCUT2D eigenvalue weighted by Gasteiger charge is 2.33. The third-order valence-electron chi connectivity index (χ3n) is 2.62. The maximum Gasteiger partial charge on any atom is 0.323 e. The Labute approximate surface area is 98.2 Å². The molecule has 92 valence electrons. The van der Waals surface area contributed by atoms with Gasteiger partial charge in [-0.25, -0.2) is 0 Å². The number of rotatable bonds is 5. The molecule has 0 bridgehead atoms. The molecule has 0 aromatic carbocycles. The van der Waals surface area contributed by atoms with Crippen molar-refractivity contribution >= 4 is 11.9 Å². The molecule has 1 N–H and O–H groups in total. The Morgan fingerprint density at radius 3 is 2.76 bits per heavy atom. The smallest absolute Gasteiger partial charge is 0.323 e. The largest absolute Gasteiger partial charge is 0.480 e. The molecule has 6 heteroatoms. The summed E-state index contributed by atoms with van der Waals surface area (Å²) in [6.45, 7) is 1.51. The minimum absolute atomic E-state index is 0.0894. The number of hydrogen-bond donors (Lipinski definition) is 1. The van der Waals surface area contributed by atoms with Crippen molar-refractivity contribution in [2.75, 3.05) is 6.54 Å². The first-order valence-corrected chi connectivity index (χ1v) is 5.49. The van der Waals surface area contributed by atoms with E-state index in [9.17, 15) is 9.59 Å². The van der Waals surface area contributed by atoms with Gasteiger partial charge in [-0.2, -0.15) is 0 Å². The van der Waals surface area contributed by atoms with Gasteiger partial charge in [-0.3, -0.25) is 9.59 Å². The highest BCUT2D eigenvalue weighted by atomic mass is 16.5. The summed E-state index contributed by atoms with van der Waals surface area (Å²) < 4.78 is 4.87. The van der Waals surface area contributed by atoms with Crippen molar-refractivity contribution in [1.29, 1.82) is 0 Å². The summed E-state index contributed by atoms with van der Waals surface area (Å²) in [5.74, 6) is -0.547. The van der Waals surface area contributed by atoms with E-state index in [0.717, 1.165) is 12.8 Å². The van der Waals surface area contributed by atoms with Crippen LogP contribution in [0.25, 0.3) is 0 Å². The van der Waals surface area contributed by atoms with Crippen LogP contribution in [0.15, 0.2) is 10.6 Å². The molecule has 1 aromatic rings. The van der Waals surface area contributed by atoms with Crippen LogP contribution in [-0.4, -0.2) is 39.6 Å². The number of carbonyl (C=O) groups is 2. The highest BCUT2D eigenvalue weighted by Crippen LogP contribution is 2.27. The Hall–Kier alpha value is -1.85. The molecular weight excluding hydrogens is 224 g/mol. The number of aryl methyl sites for hydroxylation is 1. The average molecular weight is 238 g/mol. The number of nitrogens with zero attached hydrogens (tertiary/aromatic N) is 2. The van der Waals surface area contributed by atoms with Gasteiger partial charge in [0.25, 0.3) is 0 Å². The lowest BCUT2D eigenvalue weighted by Gasteiger charge is -2.19. The van der Waals surface area contributed by atoms with Crippen LogP contribution in [0.4, 0.5) is 0 Å². The van der Waals surface area contributed by atoms with Gasteiger partial charge in [0.05, 0.1) is 12.1 Å². The SMILES string of the molecule is Cc1cc(CC(=O)N(CC(=O)O)C2CC2)no1. The van der Waals surface area contributed by atoms with E-state index in [1.807, 2.05) is 0 Å². The molecule has 1 fully saturated rings. The molecule has 1 aromatic heterocycles. The Bertz CT molecular complexity index is 436. The third-order valence-corrected chi connectivity index (χ3v) is 2.62. The molecule has 17 heavy (non-hydrogen) atoms. The van der Waals surface area contributed by atoms with Gasteiger partial charge in [0.2, 0.25) is 5.91 Å². The number of carboxylic acids is 1. The minimum atomic E-state index is -0.985. The average Bonchev–Trinajstić information content (AvgIpc) is 3.00. The second kappa shape index (κ2) is 4.57. The molecule has 1 heterocycles. The molecule has 0 unspecified atom stereocenters. The lowest BCUT2D eigenvalue weighted by atomic mass is 10.2. The van der Waals surface area contributed by atoms with Crippen LogP contribution in [-0.2, 0) is 16.0 Å². The van der Waals surface area contributed by atoms with Crippen LogP contribution in [0.1, 0.15) is 24.3 Å². The van der Waals surface area contributed by atoms with E-state index >= 15 is 0 Å². The zero-order valence-electron chi connectivity index (χ0n) is 9.55. The maximum absolute atomic E-state index is 11.9. The molecule has 0 spiro atoms. The molecule has 6 nitrogen and oxygen atoms in total. The van der Waals surface area contributed by atoms with Gasteiger partial charge in [-0.15, -0.1) is 0 Å². The van der Waals surface area contributed by atoms with Gasteiger partial charge in [0.1, 0.15) is 12.3 Å². The van der Waals surface area contributed by atoms with Crippen LogP contribution in [0.2, 0.25) is 0 Å². The summed E-state index contributed by atoms with van der Waals surface area (Å²) >= 11 is 0. The number of carbonyl (C=O) groups excluding carboxylic acids is 1. The molecule has 0 radical (unpaired) electrons. The number of aliphatic carboxylic acids is 1. The fourth-order valence-corrected chi connectivity index (χ4v) is 1.71. The number of amides is 1. The van der Waals surface area contributed by atoms with Gasteiger partial charge in [-0.05, 0) is 19.8 Å². The van der Waals surface area contributed by atoms with Crippen LogP contribution in [0, 0.1) is 6.92 Å². The van der Waals surface area contributed by atoms with Crippen molar-refractivity contribution in [3.8, 4) is 0 Å². The maximum atomic E-state index is 11.9. The summed E-state index contributed by atoms with van der Waals surface area (Å²) in [4.78, 5) is 24.0. The molecule has 0 saturated heterocycles. The molecule has 2 rings (SSSR count). The van der Waals surface area contributed by atoms with Gasteiger partial charge >= 0.3 is 5.97 Å². The Morgan fingerprint density at radius 2 is 2.29 bits per heavy atom. The fourth-order valence-electron chi connectivity index (χ4n) is 1.71. The van der Waals surface area contributed by atoms with E-state index in [-0.39, 0.29) is 24.9 Å². The zero-order valence-corrected chi connectivity index (χ0v) is 9.55. The summed E-state index contributed by atoms with van der Waals surface area (Å²) in [5, 5.41) is 12.5. The number of aromatic nitrogens is 1. The molecule has 1 saturated carbocycles. The fraction of sp³-hybridized carbons (Fsp3) is 0.545. The van der Waals surface area contributed by atoms with Crippen molar-refractivity contribution < 1.29 is 19.2 Å². The summed E-state index contributed by atoms with van der Waals surface area (Å²) in [5.41, 5.74) is 0.545. The second-order valence-corrected chi connectivity index (χ2v) is 4.25. The molecule has 1 amide bonds. The lowest BCUT2D eigenvalue weighted by Crippen LogP contribution is -2.38. The molecule has 1 aliphatic rings. The lowest BCUT2D eigenvalue weighted by molar-refractivity contribution is -0.144. The van der Waals surface area contributed by atoms with Crippen molar-refractivity contribution in [2.24, 2.45) is 0 Å². The van der Waals surface area contributed by atoms with Crippen LogP contribution >= 0.6 is 0 Å². The standard InChI is InChI=1S/C11H14N2O4/c1-7-4-8(12-17-7)5-10(14)13(6-11(15)16)9-2-3-9/h4,9H,2-3,5-6H2,1H3,(H,15,16). The summed E-state index contributed by atoms with van der Waals surface area (Å²) in [7, 11) is 0. The molecule has 0 aliphatic heterocycles. The predicted octanol–water partition coefficient (Wildman–Crippen LogP) is 0.601. The molecule has 1 aliphatic carbocycles. The van der Waals surface area contributed by atoms with Gasteiger partial charge < -0.3 is 14.5 Å². The summed E-state index contributed by atoms with van der Waals surface area (Å²) in [6.07, 6.45) is 1.87. The van der Waals surface area contributed by atoms with Crippen LogP contribution in [0.5, 0.6) is 0 Å². The quantitative estimate of drug-likeness (QED) is 0.812. The van der Waals surface area contributed by atoms with Gasteiger partial charge in [0.15, 0.2) is 0 Å². The molecular formula is C11H14N2O4. The normalized spacial score (nSPS) is 14.6. The Balaban J connectivity index is 1.98. The van der Waals surface area contributed by atoms with E-state index in [4.69, 9.17) is 9.63 Å². The first kappa shape index (κ1) is 11.6. The van der Waals surface area contributed by atoms with Crippen molar-refractivity contribution in [3.05, 3.63) is 17.5 Å². The minimum Gasteiger partial charge on any atom is -0.480 e. The van der Waals surface area contributed by atoms with E-state index < -0.39 is 5.97 Å². The first-order chi connectivity index (χ1) is 8.06. The number of hydrogen-bond acceptors (Lipinski definition) is 4. The zero-order chi connectivity index (χ0) is 12.4. The Morgan fingerprint density at radius 1 is 1.59 bits per heavy atom. The van der Waals surface area contributed by atoms with Crippen molar-refractivity contribution in [3.63, 3.8) is 0 Å². The first-order valence-electron chi connectivity index (χ1n) is 5.49. The molecule has 0 atom stereocenters. The van der Waals surface area contributed by atoms with Crippen LogP contribution < -0.4 is 0 Å². The van der Waals surface area contributed by atoms with Crippen molar-refractivity contribution in [1.82, 2.24) is 10.1 Å². The Kier molecular flexibility index (Phi) is 3.12. The summed E-state index contributed by atoms with van der Waals surface area (Å²) in [6, 6.07) is 1.77. The van der Waals surface area contributed by atoms with Gasteiger partial charge in [-0.1, -0.05) is 5.16 Å².